The molecule has 34 heavy (non-hydrogen) atoms. The first-order valence-corrected chi connectivity index (χ1v) is 13.2. The maximum absolute atomic E-state index is 13.2. The highest BCUT2D eigenvalue weighted by Crippen LogP contribution is 2.31. The van der Waals surface area contributed by atoms with E-state index in [0.29, 0.717) is 0 Å². The third kappa shape index (κ3) is 6.19. The molecule has 182 valence electrons. The molecule has 1 aliphatic carbocycles. The Bertz CT molecular complexity index is 979. The zero-order valence-corrected chi connectivity index (χ0v) is 20.7. The van der Waals surface area contributed by atoms with E-state index in [0.717, 1.165) is 75.0 Å². The Balaban J connectivity index is 1.37. The van der Waals surface area contributed by atoms with E-state index in [9.17, 15) is 4.79 Å². The minimum atomic E-state index is 0.139. The quantitative estimate of drug-likeness (QED) is 0.677. The monoisotopic (exact) mass is 461 g/mol. The van der Waals surface area contributed by atoms with Crippen molar-refractivity contribution in [2.45, 2.75) is 45.1 Å². The smallest absolute Gasteiger partial charge is 0.253 e. The number of ether oxygens (including phenoxy) is 1. The lowest BCUT2D eigenvalue weighted by atomic mass is 9.99. The van der Waals surface area contributed by atoms with E-state index in [1.807, 2.05) is 17.0 Å². The van der Waals surface area contributed by atoms with Gasteiger partial charge < -0.3 is 14.5 Å². The van der Waals surface area contributed by atoms with E-state index < -0.39 is 0 Å². The van der Waals surface area contributed by atoms with Crippen LogP contribution in [-0.4, -0.2) is 73.5 Å². The fourth-order valence-electron chi connectivity index (χ4n) is 5.20. The molecule has 0 radical (unpaired) electrons. The van der Waals surface area contributed by atoms with Crippen molar-refractivity contribution < 1.29 is 9.53 Å². The Hall–Kier alpha value is -2.37. The minimum absolute atomic E-state index is 0.139. The van der Waals surface area contributed by atoms with Gasteiger partial charge in [-0.2, -0.15) is 0 Å². The lowest BCUT2D eigenvalue weighted by Crippen LogP contribution is -2.47. The summed E-state index contributed by atoms with van der Waals surface area (Å²) in [5, 5.41) is 0. The molecule has 3 aliphatic rings. The summed E-state index contributed by atoms with van der Waals surface area (Å²) in [6.45, 7) is 7.65. The molecule has 2 aliphatic heterocycles. The number of rotatable bonds is 3. The topological polar surface area (TPSA) is 36.0 Å². The molecule has 1 saturated carbocycles. The van der Waals surface area contributed by atoms with E-state index in [1.54, 1.807) is 0 Å². The van der Waals surface area contributed by atoms with E-state index in [-0.39, 0.29) is 5.91 Å². The molecule has 2 heterocycles. The molecular weight excluding hydrogens is 422 g/mol. The normalized spacial score (nSPS) is 20.8. The first kappa shape index (κ1) is 23.4. The molecular formula is C29H39N3O2. The van der Waals surface area contributed by atoms with E-state index in [4.69, 9.17) is 4.74 Å². The number of likely N-dealkylation sites (N-methyl/N-ethyl adjacent to an activating group) is 1. The molecule has 0 spiro atoms. The summed E-state index contributed by atoms with van der Waals surface area (Å²) in [5.41, 5.74) is 4.57. The first-order chi connectivity index (χ1) is 16.6. The molecule has 2 aromatic rings. The third-order valence-electron chi connectivity index (χ3n) is 7.48. The van der Waals surface area contributed by atoms with Gasteiger partial charge in [0.15, 0.2) is 0 Å². The van der Waals surface area contributed by atoms with Crippen LogP contribution in [0.3, 0.4) is 0 Å². The maximum Gasteiger partial charge on any atom is 0.253 e. The van der Waals surface area contributed by atoms with Crippen LogP contribution in [0.2, 0.25) is 0 Å². The van der Waals surface area contributed by atoms with Crippen LogP contribution in [0.15, 0.2) is 42.5 Å². The van der Waals surface area contributed by atoms with E-state index in [2.05, 4.69) is 47.2 Å². The van der Waals surface area contributed by atoms with E-state index in [1.165, 1.54) is 49.9 Å². The predicted molar refractivity (Wildman–Crippen MR) is 136 cm³/mol. The molecule has 1 amide bonds. The van der Waals surface area contributed by atoms with Gasteiger partial charge in [-0.1, -0.05) is 24.3 Å². The van der Waals surface area contributed by atoms with Crippen LogP contribution in [0.1, 0.15) is 59.2 Å². The molecule has 0 atom stereocenters. The Morgan fingerprint density at radius 3 is 2.59 bits per heavy atom. The van der Waals surface area contributed by atoms with Crippen LogP contribution in [0.5, 0.6) is 5.75 Å². The minimum Gasteiger partial charge on any atom is -0.493 e. The van der Waals surface area contributed by atoms with Crippen LogP contribution in [-0.2, 0) is 13.0 Å². The predicted octanol–water partition coefficient (Wildman–Crippen LogP) is 4.44. The van der Waals surface area contributed by atoms with Gasteiger partial charge in [0.1, 0.15) is 5.75 Å². The molecule has 1 saturated heterocycles. The molecule has 5 rings (SSSR count). The number of hydrogen-bond acceptors (Lipinski definition) is 4. The van der Waals surface area contributed by atoms with Gasteiger partial charge in [0.2, 0.25) is 0 Å². The van der Waals surface area contributed by atoms with Crippen molar-refractivity contribution >= 4 is 5.91 Å². The fraction of sp³-hybridized carbons (Fsp3) is 0.552. The molecule has 0 N–H and O–H groups in total. The summed E-state index contributed by atoms with van der Waals surface area (Å²) >= 11 is 0. The standard InChI is InChI=1S/C29H39N3O2/c1-30-13-15-32(16-14-30)29(33)26-10-11-28-27(20-26)19-24-6-5-7-25(18-24)22-31(21-23-8-9-23)12-3-2-4-17-34-28/h5-7,10-11,18,20,23H,2-4,8-9,12-17,19,21-22H2,1H3. The highest BCUT2D eigenvalue weighted by atomic mass is 16.5. The van der Waals surface area contributed by atoms with Gasteiger partial charge in [0.05, 0.1) is 6.61 Å². The zero-order chi connectivity index (χ0) is 23.3. The number of nitrogens with zero attached hydrogens (tertiary/aromatic N) is 3. The van der Waals surface area contributed by atoms with Crippen molar-refractivity contribution in [3.05, 3.63) is 64.7 Å². The SMILES string of the molecule is CN1CCN(C(=O)c2ccc3c(c2)Cc2cccc(c2)CN(CC2CC2)CCCCCO3)CC1. The molecule has 5 nitrogen and oxygen atoms in total. The van der Waals surface area contributed by atoms with Crippen molar-refractivity contribution in [2.75, 3.05) is 52.9 Å². The third-order valence-corrected chi connectivity index (χ3v) is 7.48. The average molecular weight is 462 g/mol. The van der Waals surface area contributed by atoms with Gasteiger partial charge in [-0.3, -0.25) is 9.69 Å². The van der Waals surface area contributed by atoms with Crippen LogP contribution < -0.4 is 4.74 Å². The highest BCUT2D eigenvalue weighted by Gasteiger charge is 2.24. The number of hydrogen-bond donors (Lipinski definition) is 0. The number of carbonyl (C=O) groups is 1. The van der Waals surface area contributed by atoms with Gasteiger partial charge >= 0.3 is 0 Å². The summed E-state index contributed by atoms with van der Waals surface area (Å²) < 4.78 is 6.25. The second-order valence-electron chi connectivity index (χ2n) is 10.5. The lowest BCUT2D eigenvalue weighted by Gasteiger charge is -2.32. The van der Waals surface area contributed by atoms with Crippen molar-refractivity contribution in [3.8, 4) is 5.75 Å². The second-order valence-corrected chi connectivity index (χ2v) is 10.5. The second kappa shape index (κ2) is 10.9. The maximum atomic E-state index is 13.2. The molecule has 2 fully saturated rings. The Morgan fingerprint density at radius 1 is 0.941 bits per heavy atom. The Kier molecular flexibility index (Phi) is 7.51. The largest absolute Gasteiger partial charge is 0.493 e. The van der Waals surface area contributed by atoms with Gasteiger partial charge in [-0.25, -0.2) is 0 Å². The van der Waals surface area contributed by atoms with Crippen LogP contribution >= 0.6 is 0 Å². The lowest BCUT2D eigenvalue weighted by molar-refractivity contribution is 0.0664. The zero-order valence-electron chi connectivity index (χ0n) is 20.7. The summed E-state index contributed by atoms with van der Waals surface area (Å²) in [6.07, 6.45) is 7.07. The molecule has 2 bridgehead atoms. The number of amides is 1. The van der Waals surface area contributed by atoms with Crippen LogP contribution in [0.4, 0.5) is 0 Å². The van der Waals surface area contributed by atoms with Crippen LogP contribution in [0, 0.1) is 5.92 Å². The summed E-state index contributed by atoms with van der Waals surface area (Å²) in [4.78, 5) is 20.1. The summed E-state index contributed by atoms with van der Waals surface area (Å²) in [6, 6.07) is 15.1. The summed E-state index contributed by atoms with van der Waals surface area (Å²) in [7, 11) is 2.12. The first-order valence-electron chi connectivity index (χ1n) is 13.2. The molecule has 2 aromatic carbocycles. The molecule has 5 heteroatoms. The van der Waals surface area contributed by atoms with Gasteiger partial charge in [-0.15, -0.1) is 0 Å². The number of carbonyl (C=O) groups excluding carboxylic acids is 1. The van der Waals surface area contributed by atoms with Gasteiger partial charge in [-0.05, 0) is 86.5 Å². The Labute approximate surface area is 204 Å². The number of fused-ring (bicyclic) bond motifs is 3. The molecule has 0 unspecified atom stereocenters. The number of benzene rings is 2. The van der Waals surface area contributed by atoms with Crippen LogP contribution in [0.25, 0.3) is 0 Å². The Morgan fingerprint density at radius 2 is 1.76 bits per heavy atom. The van der Waals surface area contributed by atoms with Crippen molar-refractivity contribution in [1.82, 2.24) is 14.7 Å². The summed E-state index contributed by atoms with van der Waals surface area (Å²) in [5.74, 6) is 1.97. The van der Waals surface area contributed by atoms with Gasteiger partial charge in [0.25, 0.3) is 5.91 Å². The van der Waals surface area contributed by atoms with E-state index >= 15 is 0 Å². The van der Waals surface area contributed by atoms with Crippen molar-refractivity contribution in [3.63, 3.8) is 0 Å². The van der Waals surface area contributed by atoms with Crippen molar-refractivity contribution in [1.29, 1.82) is 0 Å². The fourth-order valence-corrected chi connectivity index (χ4v) is 5.20. The number of piperazine rings is 1. The average Bonchev–Trinajstić information content (AvgIpc) is 3.66. The van der Waals surface area contributed by atoms with Crippen molar-refractivity contribution in [2.24, 2.45) is 5.92 Å². The highest BCUT2D eigenvalue weighted by molar-refractivity contribution is 5.94. The van der Waals surface area contributed by atoms with Gasteiger partial charge in [0, 0.05) is 51.3 Å². The molecule has 0 aromatic heterocycles.